The number of ether oxygens (including phenoxy) is 1. The smallest absolute Gasteiger partial charge is 0.243 e. The zero-order chi connectivity index (χ0) is 33.3. The maximum atomic E-state index is 14.1. The fraction of sp³-hybridized carbons (Fsp3) is 0.412. The minimum absolute atomic E-state index is 0.0108. The van der Waals surface area contributed by atoms with Gasteiger partial charge in [-0.15, -0.1) is 0 Å². The number of methoxy groups -OCH3 is 1. The van der Waals surface area contributed by atoms with Crippen LogP contribution >= 0.6 is 34.8 Å². The number of nitrogens with one attached hydrogen (secondary N) is 1. The van der Waals surface area contributed by atoms with Crippen LogP contribution < -0.4 is 14.4 Å². The fourth-order valence-electron chi connectivity index (χ4n) is 5.75. The van der Waals surface area contributed by atoms with Gasteiger partial charge in [-0.1, -0.05) is 90.5 Å². The number of rotatable bonds is 14. The van der Waals surface area contributed by atoms with Gasteiger partial charge >= 0.3 is 0 Å². The summed E-state index contributed by atoms with van der Waals surface area (Å²) in [7, 11) is -2.23. The van der Waals surface area contributed by atoms with Gasteiger partial charge in [-0.2, -0.15) is 0 Å². The van der Waals surface area contributed by atoms with Gasteiger partial charge < -0.3 is 15.0 Å². The molecule has 0 heterocycles. The predicted octanol–water partition coefficient (Wildman–Crippen LogP) is 7.29. The molecule has 0 bridgehead atoms. The molecule has 8 nitrogen and oxygen atoms in total. The lowest BCUT2D eigenvalue weighted by Gasteiger charge is -2.34. The zero-order valence-corrected chi connectivity index (χ0v) is 29.1. The molecule has 3 aromatic rings. The van der Waals surface area contributed by atoms with Gasteiger partial charge in [0.05, 0.1) is 24.1 Å². The second-order valence-corrected chi connectivity index (χ2v) is 14.7. The third-order valence-corrected chi connectivity index (χ3v) is 10.2. The van der Waals surface area contributed by atoms with Crippen molar-refractivity contribution >= 4 is 62.3 Å². The van der Waals surface area contributed by atoms with Crippen molar-refractivity contribution in [3.8, 4) is 5.75 Å². The van der Waals surface area contributed by atoms with Gasteiger partial charge in [-0.05, 0) is 60.7 Å². The largest absolute Gasteiger partial charge is 0.495 e. The van der Waals surface area contributed by atoms with Crippen molar-refractivity contribution in [2.24, 2.45) is 0 Å². The van der Waals surface area contributed by atoms with E-state index in [9.17, 15) is 18.0 Å². The molecule has 4 rings (SSSR count). The molecule has 1 fully saturated rings. The Hall–Kier alpha value is -2.98. The van der Waals surface area contributed by atoms with Gasteiger partial charge in [-0.3, -0.25) is 13.9 Å². The highest BCUT2D eigenvalue weighted by Crippen LogP contribution is 2.31. The lowest BCUT2D eigenvalue weighted by Crippen LogP contribution is -2.53. The SMILES string of the molecule is COc1ccc(N(CCCC(=O)N(Cc2ccc(Cl)cc2Cl)C(Cc2ccccc2)C(=O)NC2CCCCC2)S(C)(=O)=O)cc1Cl. The van der Waals surface area contributed by atoms with Crippen molar-refractivity contribution in [3.63, 3.8) is 0 Å². The Morgan fingerprint density at radius 3 is 2.30 bits per heavy atom. The van der Waals surface area contributed by atoms with Crippen molar-refractivity contribution in [2.45, 2.75) is 70.0 Å². The summed E-state index contributed by atoms with van der Waals surface area (Å²) >= 11 is 19.0. The summed E-state index contributed by atoms with van der Waals surface area (Å²) in [6, 6.07) is 18.6. The lowest BCUT2D eigenvalue weighted by atomic mass is 9.94. The van der Waals surface area contributed by atoms with Gasteiger partial charge in [0.15, 0.2) is 0 Å². The molecule has 0 aromatic heterocycles. The van der Waals surface area contributed by atoms with Crippen LogP contribution in [-0.4, -0.2) is 57.1 Å². The number of carbonyl (C=O) groups is 2. The van der Waals surface area contributed by atoms with Crippen LogP contribution in [0.2, 0.25) is 15.1 Å². The third-order valence-electron chi connectivity index (χ3n) is 8.15. The van der Waals surface area contributed by atoms with E-state index >= 15 is 0 Å². The lowest BCUT2D eigenvalue weighted by molar-refractivity contribution is -0.141. The first-order chi connectivity index (χ1) is 22.0. The zero-order valence-electron chi connectivity index (χ0n) is 26.1. The van der Waals surface area contributed by atoms with E-state index in [0.717, 1.165) is 43.9 Å². The molecular formula is C34H40Cl3N3O5S. The molecule has 3 aromatic carbocycles. The average molecular weight is 709 g/mol. The molecule has 0 saturated heterocycles. The molecule has 0 spiro atoms. The highest BCUT2D eigenvalue weighted by molar-refractivity contribution is 7.92. The van der Waals surface area contributed by atoms with Crippen LogP contribution in [0.15, 0.2) is 66.7 Å². The number of amides is 2. The summed E-state index contributed by atoms with van der Waals surface area (Å²) in [6.45, 7) is 0.106. The Kier molecular flexibility index (Phi) is 13.0. The highest BCUT2D eigenvalue weighted by atomic mass is 35.5. The summed E-state index contributed by atoms with van der Waals surface area (Å²) in [5.74, 6) is -0.103. The minimum atomic E-state index is -3.70. The first kappa shape index (κ1) is 35.9. The number of halogens is 3. The van der Waals surface area contributed by atoms with E-state index in [4.69, 9.17) is 39.5 Å². The summed E-state index contributed by atoms with van der Waals surface area (Å²) in [4.78, 5) is 29.7. The molecule has 248 valence electrons. The normalized spacial score (nSPS) is 14.4. The number of hydrogen-bond acceptors (Lipinski definition) is 5. The van der Waals surface area contributed by atoms with Crippen molar-refractivity contribution in [2.75, 3.05) is 24.2 Å². The Labute approximate surface area is 287 Å². The monoisotopic (exact) mass is 707 g/mol. The summed E-state index contributed by atoms with van der Waals surface area (Å²) in [6.07, 6.45) is 6.64. The molecule has 1 saturated carbocycles. The Balaban J connectivity index is 1.61. The van der Waals surface area contributed by atoms with Crippen LogP contribution in [0, 0.1) is 0 Å². The van der Waals surface area contributed by atoms with E-state index < -0.39 is 16.1 Å². The van der Waals surface area contributed by atoms with E-state index in [-0.39, 0.29) is 48.8 Å². The number of hydrogen-bond donors (Lipinski definition) is 1. The summed E-state index contributed by atoms with van der Waals surface area (Å²) < 4.78 is 32.0. The first-order valence-electron chi connectivity index (χ1n) is 15.3. The molecule has 12 heteroatoms. The van der Waals surface area contributed by atoms with Crippen molar-refractivity contribution in [3.05, 3.63) is 92.9 Å². The van der Waals surface area contributed by atoms with E-state index in [1.807, 2.05) is 30.3 Å². The number of carbonyl (C=O) groups excluding carboxylic acids is 2. The second kappa shape index (κ2) is 16.7. The van der Waals surface area contributed by atoms with Gasteiger partial charge in [0, 0.05) is 42.0 Å². The minimum Gasteiger partial charge on any atom is -0.495 e. The van der Waals surface area contributed by atoms with Gasteiger partial charge in [0.2, 0.25) is 21.8 Å². The van der Waals surface area contributed by atoms with E-state index in [1.54, 1.807) is 35.2 Å². The first-order valence-corrected chi connectivity index (χ1v) is 18.3. The molecule has 0 aliphatic heterocycles. The maximum Gasteiger partial charge on any atom is 0.243 e. The van der Waals surface area contributed by atoms with E-state index in [0.29, 0.717) is 33.5 Å². The van der Waals surface area contributed by atoms with E-state index in [2.05, 4.69) is 5.32 Å². The van der Waals surface area contributed by atoms with Crippen molar-refractivity contribution in [1.29, 1.82) is 0 Å². The van der Waals surface area contributed by atoms with Crippen molar-refractivity contribution in [1.82, 2.24) is 10.2 Å². The topological polar surface area (TPSA) is 96.0 Å². The van der Waals surface area contributed by atoms with Crippen LogP contribution in [0.3, 0.4) is 0 Å². The molecule has 2 amide bonds. The standard InChI is InChI=1S/C34H40Cl3N3O5S/c1-45-32-18-17-28(22-30(32)37)40(46(2,43)44)19-9-14-33(41)39(23-25-15-16-26(35)21-29(25)36)31(20-24-10-5-3-6-11-24)34(42)38-27-12-7-4-8-13-27/h3,5-6,10-11,15-18,21-22,27,31H,4,7-9,12-14,19-20,23H2,1-2H3,(H,38,42). The second-order valence-electron chi connectivity index (χ2n) is 11.6. The Morgan fingerprint density at radius 2 is 1.67 bits per heavy atom. The van der Waals surface area contributed by atoms with Crippen LogP contribution in [0.25, 0.3) is 0 Å². The van der Waals surface area contributed by atoms with Gasteiger partial charge in [0.25, 0.3) is 0 Å². The summed E-state index contributed by atoms with van der Waals surface area (Å²) in [5, 5.41) is 4.33. The quantitative estimate of drug-likeness (QED) is 0.190. The Morgan fingerprint density at radius 1 is 0.957 bits per heavy atom. The molecule has 0 radical (unpaired) electrons. The van der Waals surface area contributed by atoms with Gasteiger partial charge in [0.1, 0.15) is 11.8 Å². The molecule has 1 N–H and O–H groups in total. The fourth-order valence-corrected chi connectivity index (χ4v) is 7.42. The molecule has 1 atom stereocenters. The Bertz CT molecular complexity index is 1600. The molecule has 1 unspecified atom stereocenters. The molecule has 1 aliphatic rings. The predicted molar refractivity (Wildman–Crippen MR) is 185 cm³/mol. The molecule has 46 heavy (non-hydrogen) atoms. The van der Waals surface area contributed by atoms with Crippen LogP contribution in [0.4, 0.5) is 5.69 Å². The van der Waals surface area contributed by atoms with Gasteiger partial charge in [-0.25, -0.2) is 8.42 Å². The van der Waals surface area contributed by atoms with Crippen LogP contribution in [-0.2, 0) is 32.6 Å². The number of benzene rings is 3. The maximum absolute atomic E-state index is 14.1. The average Bonchev–Trinajstić information content (AvgIpc) is 3.02. The van der Waals surface area contributed by atoms with E-state index in [1.165, 1.54) is 17.5 Å². The number of nitrogens with zero attached hydrogens (tertiary/aromatic N) is 2. The summed E-state index contributed by atoms with van der Waals surface area (Å²) in [5.41, 5.74) is 1.92. The van der Waals surface area contributed by atoms with Crippen LogP contribution in [0.1, 0.15) is 56.1 Å². The number of sulfonamides is 1. The van der Waals surface area contributed by atoms with Crippen molar-refractivity contribution < 1.29 is 22.7 Å². The highest BCUT2D eigenvalue weighted by Gasteiger charge is 2.32. The molecule has 1 aliphatic carbocycles. The number of anilines is 1. The molecular weight excluding hydrogens is 669 g/mol. The third kappa shape index (κ3) is 10.0. The van der Waals surface area contributed by atoms with Crippen LogP contribution in [0.5, 0.6) is 5.75 Å².